The quantitative estimate of drug-likeness (QED) is 0.386. The molecule has 1 heterocycles. The average molecular weight is 395 g/mol. The summed E-state index contributed by atoms with van der Waals surface area (Å²) in [4.78, 5) is 25.0. The highest BCUT2D eigenvalue weighted by Crippen LogP contribution is 2.33. The maximum Gasteiger partial charge on any atom is 0.269 e. The minimum absolute atomic E-state index is 0.0205. The van der Waals surface area contributed by atoms with Crippen LogP contribution in [-0.2, 0) is 7.05 Å². The number of aliphatic imine (C=N–C) groups is 1. The molecule has 1 N–H and O–H groups in total. The van der Waals surface area contributed by atoms with Gasteiger partial charge in [0.2, 0.25) is 0 Å². The van der Waals surface area contributed by atoms with Crippen LogP contribution >= 0.6 is 0 Å². The first-order chi connectivity index (χ1) is 13.8. The van der Waals surface area contributed by atoms with Crippen LogP contribution in [0.15, 0.2) is 53.5 Å². The van der Waals surface area contributed by atoms with Crippen molar-refractivity contribution in [2.45, 2.75) is 13.0 Å². The van der Waals surface area contributed by atoms with Gasteiger partial charge >= 0.3 is 0 Å². The van der Waals surface area contributed by atoms with Crippen LogP contribution in [0.4, 0.5) is 17.2 Å². The predicted octanol–water partition coefficient (Wildman–Crippen LogP) is 3.38. The van der Waals surface area contributed by atoms with Crippen LogP contribution in [0.2, 0.25) is 0 Å². The third-order valence-electron chi connectivity index (χ3n) is 4.37. The van der Waals surface area contributed by atoms with E-state index in [-0.39, 0.29) is 11.4 Å². The van der Waals surface area contributed by atoms with E-state index < -0.39 is 16.0 Å². The third-order valence-corrected chi connectivity index (χ3v) is 4.37. The monoisotopic (exact) mass is 395 g/mol. The van der Waals surface area contributed by atoms with Crippen molar-refractivity contribution in [3.05, 3.63) is 91.1 Å². The number of benzene rings is 2. The van der Waals surface area contributed by atoms with Gasteiger partial charge in [-0.05, 0) is 42.3 Å². The van der Waals surface area contributed by atoms with Crippen molar-refractivity contribution in [1.29, 1.82) is 0 Å². The molecule has 3 rings (SSSR count). The van der Waals surface area contributed by atoms with Gasteiger partial charge < -0.3 is 5.11 Å². The zero-order valence-corrected chi connectivity index (χ0v) is 15.6. The standard InChI is InChI=1S/C19H17N5O5/c1-12-17(18(25)14-5-9-16(10-6-14)24(28)29)19(22(2)21-12)20-11-13-3-7-15(8-4-13)23(26)27/h3-11,18,25H,1-2H3/b20-11+. The topological polar surface area (TPSA) is 137 Å². The van der Waals surface area contributed by atoms with Gasteiger partial charge in [-0.25, -0.2) is 4.99 Å². The van der Waals surface area contributed by atoms with Gasteiger partial charge in [0, 0.05) is 37.5 Å². The Balaban J connectivity index is 1.92. The van der Waals surface area contributed by atoms with Crippen molar-refractivity contribution in [1.82, 2.24) is 9.78 Å². The van der Waals surface area contributed by atoms with Crippen molar-refractivity contribution in [3.8, 4) is 0 Å². The molecule has 3 aromatic rings. The number of aromatic nitrogens is 2. The first-order valence-electron chi connectivity index (χ1n) is 8.52. The first kappa shape index (κ1) is 19.8. The molecule has 0 amide bonds. The van der Waals surface area contributed by atoms with Gasteiger partial charge in [0.05, 0.1) is 21.1 Å². The lowest BCUT2D eigenvalue weighted by molar-refractivity contribution is -0.385. The maximum atomic E-state index is 10.8. The summed E-state index contributed by atoms with van der Waals surface area (Å²) in [5.74, 6) is 0.409. The fraction of sp³-hybridized carbons (Fsp3) is 0.158. The number of non-ortho nitro benzene ring substituents is 2. The van der Waals surface area contributed by atoms with Gasteiger partial charge in [0.25, 0.3) is 11.4 Å². The number of nitro groups is 2. The summed E-state index contributed by atoms with van der Waals surface area (Å²) in [6, 6.07) is 11.5. The molecule has 148 valence electrons. The summed E-state index contributed by atoms with van der Waals surface area (Å²) in [5, 5.41) is 36.7. The van der Waals surface area contributed by atoms with Gasteiger partial charge in [0.1, 0.15) is 6.10 Å². The molecule has 1 unspecified atom stereocenters. The van der Waals surface area contributed by atoms with Crippen LogP contribution in [0.1, 0.15) is 28.5 Å². The summed E-state index contributed by atoms with van der Waals surface area (Å²) < 4.78 is 1.52. The largest absolute Gasteiger partial charge is 0.383 e. The van der Waals surface area contributed by atoms with Gasteiger partial charge in [-0.1, -0.05) is 0 Å². The number of hydrogen-bond acceptors (Lipinski definition) is 7. The highest BCUT2D eigenvalue weighted by molar-refractivity contribution is 5.82. The van der Waals surface area contributed by atoms with Crippen LogP contribution in [0, 0.1) is 27.2 Å². The highest BCUT2D eigenvalue weighted by Gasteiger charge is 2.22. The number of nitrogens with zero attached hydrogens (tertiary/aromatic N) is 5. The summed E-state index contributed by atoms with van der Waals surface area (Å²) in [6.07, 6.45) is 0.445. The van der Waals surface area contributed by atoms with Crippen molar-refractivity contribution in [2.24, 2.45) is 12.0 Å². The Labute approximate surface area is 165 Å². The minimum Gasteiger partial charge on any atom is -0.383 e. The Morgan fingerprint density at radius 2 is 1.55 bits per heavy atom. The lowest BCUT2D eigenvalue weighted by atomic mass is 10.0. The summed E-state index contributed by atoms with van der Waals surface area (Å²) in [5.41, 5.74) is 2.06. The van der Waals surface area contributed by atoms with Gasteiger partial charge in [-0.2, -0.15) is 5.10 Å². The smallest absolute Gasteiger partial charge is 0.269 e. The number of aryl methyl sites for hydroxylation is 2. The van der Waals surface area contributed by atoms with Crippen molar-refractivity contribution in [2.75, 3.05) is 0 Å². The fourth-order valence-electron chi connectivity index (χ4n) is 2.90. The van der Waals surface area contributed by atoms with E-state index in [2.05, 4.69) is 10.1 Å². The van der Waals surface area contributed by atoms with Crippen molar-refractivity contribution < 1.29 is 15.0 Å². The molecule has 1 atom stereocenters. The van der Waals surface area contributed by atoms with E-state index in [1.54, 1.807) is 26.1 Å². The van der Waals surface area contributed by atoms with Crippen LogP contribution in [-0.4, -0.2) is 30.9 Å². The molecule has 0 saturated heterocycles. The van der Waals surface area contributed by atoms with E-state index in [4.69, 9.17) is 0 Å². The second kappa shape index (κ2) is 7.98. The normalized spacial score (nSPS) is 12.2. The summed E-state index contributed by atoms with van der Waals surface area (Å²) >= 11 is 0. The zero-order chi connectivity index (χ0) is 21.1. The van der Waals surface area contributed by atoms with Gasteiger partial charge in [0.15, 0.2) is 5.82 Å². The second-order valence-electron chi connectivity index (χ2n) is 6.30. The highest BCUT2D eigenvalue weighted by atomic mass is 16.6. The lowest BCUT2D eigenvalue weighted by Crippen LogP contribution is -2.01. The van der Waals surface area contributed by atoms with E-state index in [1.165, 1.54) is 47.3 Å². The van der Waals surface area contributed by atoms with E-state index in [1.807, 2.05) is 0 Å². The van der Waals surface area contributed by atoms with Crippen molar-refractivity contribution >= 4 is 23.4 Å². The molecule has 10 heteroatoms. The van der Waals surface area contributed by atoms with E-state index in [0.29, 0.717) is 28.2 Å². The molecular weight excluding hydrogens is 378 g/mol. The fourth-order valence-corrected chi connectivity index (χ4v) is 2.90. The Morgan fingerprint density at radius 3 is 2.07 bits per heavy atom. The van der Waals surface area contributed by atoms with Crippen molar-refractivity contribution in [3.63, 3.8) is 0 Å². The summed E-state index contributed by atoms with van der Waals surface area (Å²) in [7, 11) is 1.68. The van der Waals surface area contributed by atoms with Crippen LogP contribution in [0.3, 0.4) is 0 Å². The van der Waals surface area contributed by atoms with E-state index in [0.717, 1.165) is 0 Å². The van der Waals surface area contributed by atoms with E-state index >= 15 is 0 Å². The van der Waals surface area contributed by atoms with Crippen LogP contribution in [0.5, 0.6) is 0 Å². The zero-order valence-electron chi connectivity index (χ0n) is 15.6. The third kappa shape index (κ3) is 4.17. The average Bonchev–Trinajstić information content (AvgIpc) is 2.99. The Hall–Kier alpha value is -3.92. The second-order valence-corrected chi connectivity index (χ2v) is 6.30. The minimum atomic E-state index is -1.08. The van der Waals surface area contributed by atoms with Gasteiger partial charge in [-0.3, -0.25) is 24.9 Å². The molecule has 0 saturated carbocycles. The molecular formula is C19H17N5O5. The summed E-state index contributed by atoms with van der Waals surface area (Å²) in [6.45, 7) is 1.73. The molecule has 0 bridgehead atoms. The molecule has 10 nitrogen and oxygen atoms in total. The first-order valence-corrected chi connectivity index (χ1v) is 8.52. The number of aliphatic hydroxyl groups excluding tert-OH is 1. The van der Waals surface area contributed by atoms with Crippen LogP contribution in [0.25, 0.3) is 0 Å². The Bertz CT molecular complexity index is 1090. The molecule has 0 spiro atoms. The van der Waals surface area contributed by atoms with Gasteiger partial charge in [-0.15, -0.1) is 0 Å². The molecule has 0 aliphatic carbocycles. The predicted molar refractivity (Wildman–Crippen MR) is 105 cm³/mol. The number of nitro benzene ring substituents is 2. The molecule has 0 fully saturated rings. The Morgan fingerprint density at radius 1 is 1.03 bits per heavy atom. The molecule has 1 aromatic heterocycles. The van der Waals surface area contributed by atoms with E-state index in [9.17, 15) is 25.3 Å². The molecule has 0 radical (unpaired) electrons. The SMILES string of the molecule is Cc1nn(C)c(/N=C/c2ccc([N+](=O)[O-])cc2)c1C(O)c1ccc([N+](=O)[O-])cc1. The number of rotatable bonds is 6. The van der Waals surface area contributed by atoms with Crippen LogP contribution < -0.4 is 0 Å². The number of hydrogen-bond donors (Lipinski definition) is 1. The molecule has 0 aliphatic rings. The maximum absolute atomic E-state index is 10.8. The molecule has 29 heavy (non-hydrogen) atoms. The molecule has 0 aliphatic heterocycles. The number of aliphatic hydroxyl groups is 1. The lowest BCUT2D eigenvalue weighted by Gasteiger charge is -2.11. The molecule has 2 aromatic carbocycles. The Kier molecular flexibility index (Phi) is 5.46.